The van der Waals surface area contributed by atoms with Crippen molar-refractivity contribution in [3.63, 3.8) is 0 Å². The van der Waals surface area contributed by atoms with Crippen molar-refractivity contribution in [2.45, 2.75) is 44.6 Å². The maximum atomic E-state index is 3.30. The summed E-state index contributed by atoms with van der Waals surface area (Å²) in [4.78, 5) is 0. The highest BCUT2D eigenvalue weighted by Gasteiger charge is 2.25. The number of nitrogens with one attached hydrogen (secondary N) is 1. The van der Waals surface area contributed by atoms with Gasteiger partial charge in [0.1, 0.15) is 0 Å². The van der Waals surface area contributed by atoms with E-state index in [-0.39, 0.29) is 0 Å². The lowest BCUT2D eigenvalue weighted by atomic mass is 9.98. The van der Waals surface area contributed by atoms with Gasteiger partial charge in [-0.2, -0.15) is 0 Å². The highest BCUT2D eigenvalue weighted by Crippen LogP contribution is 2.41. The Bertz CT molecular complexity index is 315. The van der Waals surface area contributed by atoms with Crippen LogP contribution in [0.25, 0.3) is 0 Å². The van der Waals surface area contributed by atoms with Crippen molar-refractivity contribution < 1.29 is 0 Å². The van der Waals surface area contributed by atoms with Crippen molar-refractivity contribution in [2.75, 3.05) is 7.05 Å². The van der Waals surface area contributed by atoms with Crippen molar-refractivity contribution in [3.05, 3.63) is 35.4 Å². The molecule has 0 radical (unpaired) electrons. The van der Waals surface area contributed by atoms with Gasteiger partial charge < -0.3 is 5.32 Å². The lowest BCUT2D eigenvalue weighted by Crippen LogP contribution is -2.21. The molecule has 15 heavy (non-hydrogen) atoms. The zero-order valence-electron chi connectivity index (χ0n) is 9.79. The molecule has 1 atom stereocenters. The molecule has 0 aromatic heterocycles. The molecule has 1 saturated carbocycles. The average molecular weight is 203 g/mol. The fourth-order valence-electron chi connectivity index (χ4n) is 2.07. The molecule has 0 spiro atoms. The van der Waals surface area contributed by atoms with Gasteiger partial charge in [0.15, 0.2) is 0 Å². The van der Waals surface area contributed by atoms with Gasteiger partial charge in [0, 0.05) is 6.04 Å². The first-order valence-corrected chi connectivity index (χ1v) is 6.06. The van der Waals surface area contributed by atoms with Crippen LogP contribution in [0.15, 0.2) is 24.3 Å². The van der Waals surface area contributed by atoms with E-state index in [1.807, 2.05) is 7.05 Å². The third kappa shape index (κ3) is 2.82. The summed E-state index contributed by atoms with van der Waals surface area (Å²) in [6.07, 6.45) is 5.26. The summed E-state index contributed by atoms with van der Waals surface area (Å²) in [7, 11) is 2.04. The van der Waals surface area contributed by atoms with Crippen LogP contribution in [-0.2, 0) is 6.42 Å². The molecular weight excluding hydrogens is 182 g/mol. The first-order valence-electron chi connectivity index (χ1n) is 6.06. The summed E-state index contributed by atoms with van der Waals surface area (Å²) >= 11 is 0. The summed E-state index contributed by atoms with van der Waals surface area (Å²) in [6, 6.07) is 9.59. The molecule has 0 aliphatic heterocycles. The van der Waals surface area contributed by atoms with Gasteiger partial charge in [-0.3, -0.25) is 0 Å². The Morgan fingerprint density at radius 2 is 2.07 bits per heavy atom. The Morgan fingerprint density at radius 1 is 1.33 bits per heavy atom. The van der Waals surface area contributed by atoms with E-state index in [9.17, 15) is 0 Å². The van der Waals surface area contributed by atoms with Crippen LogP contribution in [0.1, 0.15) is 43.2 Å². The minimum absolute atomic E-state index is 0.622. The second-order valence-corrected chi connectivity index (χ2v) is 4.70. The molecule has 1 aliphatic carbocycles. The van der Waals surface area contributed by atoms with Gasteiger partial charge in [0.25, 0.3) is 0 Å². The molecule has 2 rings (SSSR count). The summed E-state index contributed by atoms with van der Waals surface area (Å²) in [5.74, 6) is 0.881. The summed E-state index contributed by atoms with van der Waals surface area (Å²) < 4.78 is 0. The number of hydrogen-bond acceptors (Lipinski definition) is 1. The number of hydrogen-bond donors (Lipinski definition) is 1. The monoisotopic (exact) mass is 203 g/mol. The van der Waals surface area contributed by atoms with E-state index in [0.29, 0.717) is 6.04 Å². The Hall–Kier alpha value is -0.820. The number of rotatable bonds is 5. The van der Waals surface area contributed by atoms with Gasteiger partial charge in [-0.15, -0.1) is 0 Å². The van der Waals surface area contributed by atoms with Crippen LogP contribution >= 0.6 is 0 Å². The molecule has 82 valence electrons. The molecule has 0 amide bonds. The van der Waals surface area contributed by atoms with Gasteiger partial charge in [0.05, 0.1) is 0 Å². The van der Waals surface area contributed by atoms with Crippen molar-refractivity contribution >= 4 is 0 Å². The van der Waals surface area contributed by atoms with Crippen LogP contribution in [0.2, 0.25) is 0 Å². The number of aryl methyl sites for hydroxylation is 1. The smallest absolute Gasteiger partial charge is 0.00388 e. The highest BCUT2D eigenvalue weighted by molar-refractivity contribution is 5.33. The van der Waals surface area contributed by atoms with Crippen molar-refractivity contribution in [1.29, 1.82) is 0 Å². The second-order valence-electron chi connectivity index (χ2n) is 4.70. The van der Waals surface area contributed by atoms with Crippen LogP contribution in [0.5, 0.6) is 0 Å². The molecule has 1 aromatic rings. The zero-order chi connectivity index (χ0) is 10.7. The standard InChI is InChI=1S/C14H21N/c1-11(15-2)7-8-12-5-3-4-6-14(12)13-9-10-13/h3-6,11,13,15H,7-10H2,1-2H3. The fourth-order valence-corrected chi connectivity index (χ4v) is 2.07. The lowest BCUT2D eigenvalue weighted by molar-refractivity contribution is 0.564. The van der Waals surface area contributed by atoms with Gasteiger partial charge in [-0.25, -0.2) is 0 Å². The van der Waals surface area contributed by atoms with Crippen LogP contribution in [0, 0.1) is 0 Å². The maximum Gasteiger partial charge on any atom is 0.00388 e. The van der Waals surface area contributed by atoms with Crippen molar-refractivity contribution in [1.82, 2.24) is 5.32 Å². The number of benzene rings is 1. The molecule has 0 saturated heterocycles. The summed E-state index contributed by atoms with van der Waals surface area (Å²) in [5, 5.41) is 3.30. The Kier molecular flexibility index (Phi) is 3.42. The predicted octanol–water partition coefficient (Wildman–Crippen LogP) is 3.10. The topological polar surface area (TPSA) is 12.0 Å². The molecule has 0 bridgehead atoms. The van der Waals surface area contributed by atoms with E-state index >= 15 is 0 Å². The first-order chi connectivity index (χ1) is 7.31. The highest BCUT2D eigenvalue weighted by atomic mass is 14.8. The molecule has 1 N–H and O–H groups in total. The fraction of sp³-hybridized carbons (Fsp3) is 0.571. The second kappa shape index (κ2) is 4.80. The molecule has 1 aromatic carbocycles. The Labute approximate surface area is 92.9 Å². The lowest BCUT2D eigenvalue weighted by Gasteiger charge is -2.12. The quantitative estimate of drug-likeness (QED) is 0.775. The van der Waals surface area contributed by atoms with Crippen molar-refractivity contribution in [3.8, 4) is 0 Å². The van der Waals surface area contributed by atoms with Crippen LogP contribution in [-0.4, -0.2) is 13.1 Å². The summed E-state index contributed by atoms with van der Waals surface area (Å²) in [6.45, 7) is 2.25. The molecule has 1 unspecified atom stereocenters. The molecule has 0 heterocycles. The normalized spacial score (nSPS) is 17.7. The van der Waals surface area contributed by atoms with Gasteiger partial charge in [-0.1, -0.05) is 24.3 Å². The van der Waals surface area contributed by atoms with E-state index in [4.69, 9.17) is 0 Å². The Balaban J connectivity index is 2.00. The van der Waals surface area contributed by atoms with Gasteiger partial charge in [0.2, 0.25) is 0 Å². The van der Waals surface area contributed by atoms with Crippen LogP contribution < -0.4 is 5.32 Å². The third-order valence-corrected chi connectivity index (χ3v) is 3.41. The van der Waals surface area contributed by atoms with Gasteiger partial charge in [-0.05, 0) is 56.7 Å². The summed E-state index contributed by atoms with van der Waals surface area (Å²) in [5.41, 5.74) is 3.18. The van der Waals surface area contributed by atoms with E-state index in [1.54, 1.807) is 11.1 Å². The van der Waals surface area contributed by atoms with E-state index < -0.39 is 0 Å². The minimum Gasteiger partial charge on any atom is -0.317 e. The third-order valence-electron chi connectivity index (χ3n) is 3.41. The van der Waals surface area contributed by atoms with E-state index in [1.165, 1.54) is 25.7 Å². The largest absolute Gasteiger partial charge is 0.317 e. The molecule has 1 fully saturated rings. The van der Waals surface area contributed by atoms with Gasteiger partial charge >= 0.3 is 0 Å². The SMILES string of the molecule is CNC(C)CCc1ccccc1C1CC1. The van der Waals surface area contributed by atoms with Crippen LogP contribution in [0.3, 0.4) is 0 Å². The maximum absolute atomic E-state index is 3.30. The zero-order valence-corrected chi connectivity index (χ0v) is 9.79. The molecule has 1 aliphatic rings. The van der Waals surface area contributed by atoms with Crippen molar-refractivity contribution in [2.24, 2.45) is 0 Å². The predicted molar refractivity (Wildman–Crippen MR) is 65.3 cm³/mol. The Morgan fingerprint density at radius 3 is 2.73 bits per heavy atom. The van der Waals surface area contributed by atoms with E-state index in [2.05, 4.69) is 36.5 Å². The first kappa shape index (κ1) is 10.7. The van der Waals surface area contributed by atoms with Crippen LogP contribution in [0.4, 0.5) is 0 Å². The minimum atomic E-state index is 0.622. The van der Waals surface area contributed by atoms with E-state index in [0.717, 1.165) is 5.92 Å². The molecule has 1 nitrogen and oxygen atoms in total. The average Bonchev–Trinajstić information content (AvgIpc) is 3.10. The molecular formula is C14H21N. The molecule has 1 heteroatoms.